The van der Waals surface area contributed by atoms with Crippen molar-refractivity contribution in [2.24, 2.45) is 0 Å². The van der Waals surface area contributed by atoms with Gasteiger partial charge in [0.25, 0.3) is 5.69 Å². The Labute approximate surface area is 221 Å². The zero-order valence-electron chi connectivity index (χ0n) is 20.5. The Bertz CT molecular complexity index is 1470. The van der Waals surface area contributed by atoms with Gasteiger partial charge in [-0.2, -0.15) is 0 Å². The minimum Gasteiger partial charge on any atom is -0.399 e. The molecule has 0 radical (unpaired) electrons. The van der Waals surface area contributed by atoms with Gasteiger partial charge in [-0.25, -0.2) is 0 Å². The average Bonchev–Trinajstić information content (AvgIpc) is 2.97. The molecule has 0 aliphatic heterocycles. The molecule has 0 atom stereocenters. The summed E-state index contributed by atoms with van der Waals surface area (Å²) in [6.45, 7) is 0. The van der Waals surface area contributed by atoms with Gasteiger partial charge in [-0.05, 0) is 34.9 Å². The van der Waals surface area contributed by atoms with E-state index in [9.17, 15) is 10.1 Å². The molecule has 4 N–H and O–H groups in total. The molecule has 5 aromatic rings. The summed E-state index contributed by atoms with van der Waals surface area (Å²) < 4.78 is 0. The van der Waals surface area contributed by atoms with Crippen LogP contribution in [0.4, 0.5) is 17.1 Å². The number of hydrogen-bond donors (Lipinski definition) is 3. The van der Waals surface area contributed by atoms with Crippen molar-refractivity contribution >= 4 is 22.8 Å². The summed E-state index contributed by atoms with van der Waals surface area (Å²) in [4.78, 5) is 11.3. The minimum absolute atomic E-state index is 0.0875. The first-order valence-electron chi connectivity index (χ1n) is 12.2. The molecule has 0 spiro atoms. The normalized spacial score (nSPS) is 11.1. The van der Waals surface area contributed by atoms with E-state index in [1.807, 2.05) is 54.6 Å². The molecule has 0 saturated carbocycles. The summed E-state index contributed by atoms with van der Waals surface area (Å²) >= 11 is 0. The molecule has 6 nitrogen and oxygen atoms in total. The summed E-state index contributed by atoms with van der Waals surface area (Å²) in [5.74, 6) is 0. The number of benzene rings is 5. The van der Waals surface area contributed by atoms with Crippen LogP contribution in [0.5, 0.6) is 0 Å². The van der Waals surface area contributed by atoms with Gasteiger partial charge in [0, 0.05) is 34.6 Å². The molecule has 186 valence electrons. The molecule has 38 heavy (non-hydrogen) atoms. The van der Waals surface area contributed by atoms with Gasteiger partial charge in [0.15, 0.2) is 0 Å². The summed E-state index contributed by atoms with van der Waals surface area (Å²) in [6, 6.07) is 41.7. The highest BCUT2D eigenvalue weighted by atomic mass is 16.6. The van der Waals surface area contributed by atoms with Crippen molar-refractivity contribution in [3.63, 3.8) is 0 Å². The Kier molecular flexibility index (Phi) is 6.70. The Morgan fingerprint density at radius 2 is 1.18 bits per heavy atom. The van der Waals surface area contributed by atoms with Crippen LogP contribution < -0.4 is 11.1 Å². The molecule has 0 aromatic heterocycles. The van der Waals surface area contributed by atoms with Crippen LogP contribution in [-0.4, -0.2) is 10.6 Å². The predicted molar refractivity (Wildman–Crippen MR) is 153 cm³/mol. The lowest BCUT2D eigenvalue weighted by Gasteiger charge is -2.38. The van der Waals surface area contributed by atoms with E-state index in [1.54, 1.807) is 30.3 Å². The van der Waals surface area contributed by atoms with Gasteiger partial charge in [-0.15, -0.1) is 0 Å². The van der Waals surface area contributed by atoms with Crippen molar-refractivity contribution in [3.8, 4) is 0 Å². The summed E-state index contributed by atoms with van der Waals surface area (Å²) in [5, 5.41) is 24.5. The van der Waals surface area contributed by atoms with E-state index in [4.69, 9.17) is 11.1 Å². The molecule has 5 rings (SSSR count). The first-order chi connectivity index (χ1) is 18.5. The lowest BCUT2D eigenvalue weighted by molar-refractivity contribution is -0.384. The van der Waals surface area contributed by atoms with E-state index in [0.717, 1.165) is 16.7 Å². The van der Waals surface area contributed by atoms with Crippen molar-refractivity contribution < 1.29 is 4.92 Å². The number of nitrogen functional groups attached to an aromatic ring is 1. The highest BCUT2D eigenvalue weighted by Gasteiger charge is 2.37. The van der Waals surface area contributed by atoms with Crippen molar-refractivity contribution in [1.82, 2.24) is 0 Å². The fourth-order valence-corrected chi connectivity index (χ4v) is 4.75. The molecule has 0 unspecified atom stereocenters. The Hall–Kier alpha value is -5.23. The number of anilines is 2. The quantitative estimate of drug-likeness (QED) is 0.0704. The zero-order chi connectivity index (χ0) is 26.5. The van der Waals surface area contributed by atoms with E-state index >= 15 is 0 Å². The Balaban J connectivity index is 1.76. The summed E-state index contributed by atoms with van der Waals surface area (Å²) in [6.07, 6.45) is 0. The molecular weight excluding hydrogens is 472 g/mol. The fourth-order valence-electron chi connectivity index (χ4n) is 4.75. The number of nitro groups is 1. The third-order valence-corrected chi connectivity index (χ3v) is 6.63. The van der Waals surface area contributed by atoms with Gasteiger partial charge in [0.2, 0.25) is 0 Å². The lowest BCUT2D eigenvalue weighted by Crippen LogP contribution is -2.38. The third-order valence-electron chi connectivity index (χ3n) is 6.63. The van der Waals surface area contributed by atoms with Gasteiger partial charge in [0.1, 0.15) is 5.54 Å². The average molecular weight is 499 g/mol. The lowest BCUT2D eigenvalue weighted by atomic mass is 9.76. The molecule has 0 heterocycles. The number of nitrogens with one attached hydrogen (secondary N) is 2. The molecule has 0 aliphatic carbocycles. The smallest absolute Gasteiger partial charge is 0.270 e. The number of nitrogens with two attached hydrogens (primary N) is 1. The number of rotatable bonds is 8. The highest BCUT2D eigenvalue weighted by Crippen LogP contribution is 2.41. The standard InChI is InChI=1S/C32H26N4O2/c33-27-18-16-23(17-19-27)31(34)29-22-28(36(37)38)20-21-30(29)35-32(24-10-4-1-5-11-24,25-12-6-2-7-13-25)26-14-8-3-9-15-26/h1-22,34-35H,33H2. The second-order valence-electron chi connectivity index (χ2n) is 8.96. The van der Waals surface area contributed by atoms with Gasteiger partial charge in [-0.3, -0.25) is 15.5 Å². The van der Waals surface area contributed by atoms with Crippen LogP contribution in [0.25, 0.3) is 0 Å². The third kappa shape index (κ3) is 4.63. The zero-order valence-corrected chi connectivity index (χ0v) is 20.5. The van der Waals surface area contributed by atoms with Gasteiger partial charge in [0.05, 0.1) is 10.6 Å². The van der Waals surface area contributed by atoms with Crippen LogP contribution in [0.3, 0.4) is 0 Å². The van der Waals surface area contributed by atoms with Crippen molar-refractivity contribution in [1.29, 1.82) is 5.41 Å². The first-order valence-corrected chi connectivity index (χ1v) is 12.2. The fraction of sp³-hybridized carbons (Fsp3) is 0.0312. The number of nitrogens with zero attached hydrogens (tertiary/aromatic N) is 1. The number of non-ortho nitro benzene ring substituents is 1. The molecule has 6 heteroatoms. The van der Waals surface area contributed by atoms with E-state index in [2.05, 4.69) is 41.7 Å². The van der Waals surface area contributed by atoms with Crippen molar-refractivity contribution in [3.05, 3.63) is 171 Å². The number of nitro benzene ring substituents is 1. The van der Waals surface area contributed by atoms with Crippen molar-refractivity contribution in [2.75, 3.05) is 11.1 Å². The molecule has 0 saturated heterocycles. The monoisotopic (exact) mass is 498 g/mol. The summed E-state index contributed by atoms with van der Waals surface area (Å²) in [7, 11) is 0. The largest absolute Gasteiger partial charge is 0.399 e. The molecular formula is C32H26N4O2. The SMILES string of the molecule is N=C(c1ccc(N)cc1)c1cc([N+](=O)[O-])ccc1NC(c1ccccc1)(c1ccccc1)c1ccccc1. The minimum atomic E-state index is -0.851. The second kappa shape index (κ2) is 10.4. The van der Waals surface area contributed by atoms with Crippen LogP contribution in [0.15, 0.2) is 133 Å². The van der Waals surface area contributed by atoms with E-state index in [-0.39, 0.29) is 11.4 Å². The molecule has 5 aromatic carbocycles. The van der Waals surface area contributed by atoms with Crippen LogP contribution in [0.2, 0.25) is 0 Å². The molecule has 0 fully saturated rings. The second-order valence-corrected chi connectivity index (χ2v) is 8.96. The Morgan fingerprint density at radius 3 is 1.63 bits per heavy atom. The van der Waals surface area contributed by atoms with Gasteiger partial charge in [-0.1, -0.05) is 103 Å². The van der Waals surface area contributed by atoms with Crippen LogP contribution in [-0.2, 0) is 5.54 Å². The maximum atomic E-state index is 11.7. The molecule has 0 amide bonds. The van der Waals surface area contributed by atoms with Crippen molar-refractivity contribution in [2.45, 2.75) is 5.54 Å². The van der Waals surface area contributed by atoms with Crippen LogP contribution in [0.1, 0.15) is 27.8 Å². The summed E-state index contributed by atoms with van der Waals surface area (Å²) in [5.41, 5.74) is 10.2. The topological polar surface area (TPSA) is 105 Å². The van der Waals surface area contributed by atoms with E-state index in [1.165, 1.54) is 12.1 Å². The van der Waals surface area contributed by atoms with Crippen LogP contribution >= 0.6 is 0 Å². The predicted octanol–water partition coefficient (Wildman–Crippen LogP) is 7.00. The first kappa shape index (κ1) is 24.5. The molecule has 0 bridgehead atoms. The Morgan fingerprint density at radius 1 is 0.711 bits per heavy atom. The van der Waals surface area contributed by atoms with E-state index < -0.39 is 10.5 Å². The highest BCUT2D eigenvalue weighted by molar-refractivity contribution is 6.14. The number of hydrogen-bond acceptors (Lipinski definition) is 5. The van der Waals surface area contributed by atoms with Crippen LogP contribution in [0, 0.1) is 15.5 Å². The maximum Gasteiger partial charge on any atom is 0.270 e. The molecule has 0 aliphatic rings. The van der Waals surface area contributed by atoms with Gasteiger partial charge < -0.3 is 11.1 Å². The maximum absolute atomic E-state index is 11.7. The van der Waals surface area contributed by atoms with E-state index in [0.29, 0.717) is 22.5 Å². The van der Waals surface area contributed by atoms with Gasteiger partial charge >= 0.3 is 0 Å².